The molecule has 0 unspecified atom stereocenters. The van der Waals surface area contributed by atoms with Crippen LogP contribution in [0.25, 0.3) is 0 Å². The fourth-order valence-corrected chi connectivity index (χ4v) is 2.05. The lowest BCUT2D eigenvalue weighted by molar-refractivity contribution is 0.659. The second-order valence-electron chi connectivity index (χ2n) is 3.97. The Labute approximate surface area is 90.3 Å². The summed E-state index contributed by atoms with van der Waals surface area (Å²) in [7, 11) is 0. The van der Waals surface area contributed by atoms with Crippen molar-refractivity contribution < 1.29 is 0 Å². The molecule has 3 N–H and O–H groups in total. The number of aryl methyl sites for hydroxylation is 2. The summed E-state index contributed by atoms with van der Waals surface area (Å²) in [6.07, 6.45) is 4.69. The molecule has 0 radical (unpaired) electrons. The lowest BCUT2D eigenvalue weighted by Gasteiger charge is -2.18. The van der Waals surface area contributed by atoms with Gasteiger partial charge in [-0.2, -0.15) is 0 Å². The van der Waals surface area contributed by atoms with Crippen molar-refractivity contribution in [2.24, 2.45) is 5.73 Å². The molecule has 0 bridgehead atoms. The van der Waals surface area contributed by atoms with Gasteiger partial charge in [-0.3, -0.25) is 0 Å². The van der Waals surface area contributed by atoms with Crippen molar-refractivity contribution in [3.05, 3.63) is 17.1 Å². The minimum Gasteiger partial charge on any atom is -0.368 e. The Bertz CT molecular complexity index is 349. The maximum absolute atomic E-state index is 5.48. The summed E-state index contributed by atoms with van der Waals surface area (Å²) in [5.41, 5.74) is 8.02. The second-order valence-corrected chi connectivity index (χ2v) is 3.97. The number of hydrogen-bond acceptors (Lipinski definition) is 4. The summed E-state index contributed by atoms with van der Waals surface area (Å²) in [5, 5.41) is 3.29. The zero-order valence-corrected chi connectivity index (χ0v) is 9.21. The molecule has 0 saturated carbocycles. The molecule has 0 aliphatic heterocycles. The summed E-state index contributed by atoms with van der Waals surface area (Å²) in [5.74, 6) is 1.86. The molecule has 1 aliphatic rings. The zero-order valence-electron chi connectivity index (χ0n) is 9.21. The molecule has 0 aromatic carbocycles. The third kappa shape index (κ3) is 2.26. The Balaban J connectivity index is 2.30. The molecule has 1 heterocycles. The van der Waals surface area contributed by atoms with Crippen LogP contribution < -0.4 is 11.1 Å². The lowest BCUT2D eigenvalue weighted by Crippen LogP contribution is -2.18. The molecule has 0 atom stereocenters. The fourth-order valence-electron chi connectivity index (χ4n) is 2.05. The molecule has 4 heteroatoms. The smallest absolute Gasteiger partial charge is 0.133 e. The minimum absolute atomic E-state index is 0.637. The first kappa shape index (κ1) is 10.4. The van der Waals surface area contributed by atoms with Crippen molar-refractivity contribution in [1.82, 2.24) is 9.97 Å². The minimum atomic E-state index is 0.637. The van der Waals surface area contributed by atoms with Crippen LogP contribution in [0.2, 0.25) is 0 Å². The van der Waals surface area contributed by atoms with Crippen LogP contribution in [0.15, 0.2) is 0 Å². The highest BCUT2D eigenvalue weighted by atomic mass is 15.0. The summed E-state index contributed by atoms with van der Waals surface area (Å²) in [6, 6.07) is 0. The van der Waals surface area contributed by atoms with E-state index in [-0.39, 0.29) is 0 Å². The molecule has 0 spiro atoms. The number of fused-ring (bicyclic) bond motifs is 1. The molecule has 0 saturated heterocycles. The Morgan fingerprint density at radius 2 is 2.07 bits per heavy atom. The summed E-state index contributed by atoms with van der Waals surface area (Å²) < 4.78 is 0. The molecule has 1 aromatic heterocycles. The van der Waals surface area contributed by atoms with Crippen LogP contribution in [0.5, 0.6) is 0 Å². The van der Waals surface area contributed by atoms with Crippen molar-refractivity contribution in [2.75, 3.05) is 18.4 Å². The van der Waals surface area contributed by atoms with Crippen molar-refractivity contribution in [3.8, 4) is 0 Å². The Morgan fingerprint density at radius 3 is 2.87 bits per heavy atom. The molecule has 1 aromatic rings. The number of nitrogens with one attached hydrogen (secondary N) is 1. The molecule has 2 rings (SSSR count). The molecule has 82 valence electrons. The van der Waals surface area contributed by atoms with Crippen LogP contribution in [0.1, 0.15) is 29.9 Å². The topological polar surface area (TPSA) is 63.8 Å². The first-order valence-electron chi connectivity index (χ1n) is 5.61. The number of aromatic nitrogens is 2. The van der Waals surface area contributed by atoms with Gasteiger partial charge in [0.05, 0.1) is 0 Å². The van der Waals surface area contributed by atoms with Crippen LogP contribution in [-0.2, 0) is 12.8 Å². The van der Waals surface area contributed by atoms with E-state index >= 15 is 0 Å². The second kappa shape index (κ2) is 4.57. The standard InChI is InChI=1S/C11H18N4/c1-8-14-10-5-3-2-4-9(10)11(15-8)13-7-6-12/h2-7,12H2,1H3,(H,13,14,15). The van der Waals surface area contributed by atoms with Gasteiger partial charge in [0.25, 0.3) is 0 Å². The van der Waals surface area contributed by atoms with Gasteiger partial charge in [-0.1, -0.05) is 0 Å². The van der Waals surface area contributed by atoms with Crippen molar-refractivity contribution >= 4 is 5.82 Å². The molecular formula is C11H18N4. The SMILES string of the molecule is Cc1nc2c(c(NCCN)n1)CCCC2. The van der Waals surface area contributed by atoms with Gasteiger partial charge in [0.1, 0.15) is 11.6 Å². The summed E-state index contributed by atoms with van der Waals surface area (Å²) >= 11 is 0. The van der Waals surface area contributed by atoms with Crippen LogP contribution in [-0.4, -0.2) is 23.1 Å². The van der Waals surface area contributed by atoms with E-state index < -0.39 is 0 Å². The predicted octanol–water partition coefficient (Wildman–Crippen LogP) is 1.03. The Morgan fingerprint density at radius 1 is 1.27 bits per heavy atom. The van der Waals surface area contributed by atoms with Crippen LogP contribution in [0.4, 0.5) is 5.82 Å². The van der Waals surface area contributed by atoms with Gasteiger partial charge in [0.2, 0.25) is 0 Å². The van der Waals surface area contributed by atoms with E-state index in [9.17, 15) is 0 Å². The number of nitrogens with zero attached hydrogens (tertiary/aromatic N) is 2. The average molecular weight is 206 g/mol. The predicted molar refractivity (Wildman–Crippen MR) is 61.0 cm³/mol. The van der Waals surface area contributed by atoms with Gasteiger partial charge in [0.15, 0.2) is 0 Å². The largest absolute Gasteiger partial charge is 0.368 e. The van der Waals surface area contributed by atoms with E-state index in [1.165, 1.54) is 24.1 Å². The maximum atomic E-state index is 5.48. The fraction of sp³-hybridized carbons (Fsp3) is 0.636. The van der Waals surface area contributed by atoms with Crippen LogP contribution in [0, 0.1) is 6.92 Å². The van der Waals surface area contributed by atoms with Gasteiger partial charge >= 0.3 is 0 Å². The van der Waals surface area contributed by atoms with Gasteiger partial charge in [-0.15, -0.1) is 0 Å². The normalized spacial score (nSPS) is 14.8. The summed E-state index contributed by atoms with van der Waals surface area (Å²) in [6.45, 7) is 3.36. The third-order valence-corrected chi connectivity index (χ3v) is 2.73. The quantitative estimate of drug-likeness (QED) is 0.775. The zero-order chi connectivity index (χ0) is 10.7. The first-order chi connectivity index (χ1) is 7.31. The molecular weight excluding hydrogens is 188 g/mol. The lowest BCUT2D eigenvalue weighted by atomic mass is 9.96. The third-order valence-electron chi connectivity index (χ3n) is 2.73. The van der Waals surface area contributed by atoms with Crippen molar-refractivity contribution in [2.45, 2.75) is 32.6 Å². The van der Waals surface area contributed by atoms with E-state index in [4.69, 9.17) is 5.73 Å². The van der Waals surface area contributed by atoms with Crippen LogP contribution in [0.3, 0.4) is 0 Å². The first-order valence-corrected chi connectivity index (χ1v) is 5.61. The van der Waals surface area contributed by atoms with Gasteiger partial charge < -0.3 is 11.1 Å². The van der Waals surface area contributed by atoms with E-state index in [0.29, 0.717) is 6.54 Å². The van der Waals surface area contributed by atoms with E-state index in [1.54, 1.807) is 0 Å². The molecule has 0 fully saturated rings. The number of rotatable bonds is 3. The van der Waals surface area contributed by atoms with Gasteiger partial charge in [-0.05, 0) is 32.6 Å². The van der Waals surface area contributed by atoms with E-state index in [1.807, 2.05) is 6.92 Å². The Hall–Kier alpha value is -1.16. The van der Waals surface area contributed by atoms with Crippen LogP contribution >= 0.6 is 0 Å². The monoisotopic (exact) mass is 206 g/mol. The van der Waals surface area contributed by atoms with Gasteiger partial charge in [-0.25, -0.2) is 9.97 Å². The Kier molecular flexibility index (Phi) is 3.16. The highest BCUT2D eigenvalue weighted by Crippen LogP contribution is 2.24. The molecule has 0 amide bonds. The number of nitrogens with two attached hydrogens (primary N) is 1. The van der Waals surface area contributed by atoms with Gasteiger partial charge in [0, 0.05) is 24.3 Å². The maximum Gasteiger partial charge on any atom is 0.133 e. The van der Waals surface area contributed by atoms with E-state index in [2.05, 4.69) is 15.3 Å². The highest BCUT2D eigenvalue weighted by molar-refractivity contribution is 5.47. The molecule has 15 heavy (non-hydrogen) atoms. The highest BCUT2D eigenvalue weighted by Gasteiger charge is 2.16. The average Bonchev–Trinajstić information content (AvgIpc) is 2.25. The molecule has 4 nitrogen and oxygen atoms in total. The number of hydrogen-bond donors (Lipinski definition) is 2. The van der Waals surface area contributed by atoms with E-state index in [0.717, 1.165) is 31.0 Å². The summed E-state index contributed by atoms with van der Waals surface area (Å²) in [4.78, 5) is 8.95. The van der Waals surface area contributed by atoms with Crippen molar-refractivity contribution in [3.63, 3.8) is 0 Å². The molecule has 1 aliphatic carbocycles. The number of anilines is 1. The van der Waals surface area contributed by atoms with Crippen molar-refractivity contribution in [1.29, 1.82) is 0 Å².